The minimum absolute atomic E-state index is 0.107. The number of fused-ring (bicyclic) bond motifs is 4. The number of hydrogen-bond acceptors (Lipinski definition) is 6. The molecule has 30 heavy (non-hydrogen) atoms. The Balaban J connectivity index is 1.55. The molecule has 1 atom stereocenters. The van der Waals surface area contributed by atoms with Gasteiger partial charge in [0.1, 0.15) is 0 Å². The summed E-state index contributed by atoms with van der Waals surface area (Å²) in [6.45, 7) is 7.78. The van der Waals surface area contributed by atoms with E-state index in [1.807, 2.05) is 43.9 Å². The van der Waals surface area contributed by atoms with E-state index < -0.39 is 0 Å². The molecule has 0 spiro atoms. The summed E-state index contributed by atoms with van der Waals surface area (Å²) >= 11 is 1.51. The fourth-order valence-electron chi connectivity index (χ4n) is 4.23. The predicted octanol–water partition coefficient (Wildman–Crippen LogP) is 4.55. The number of rotatable bonds is 2. The zero-order chi connectivity index (χ0) is 20.8. The third-order valence-electron chi connectivity index (χ3n) is 5.84. The van der Waals surface area contributed by atoms with Gasteiger partial charge in [0.2, 0.25) is 0 Å². The van der Waals surface area contributed by atoms with Crippen molar-refractivity contribution in [3.05, 3.63) is 46.7 Å². The van der Waals surface area contributed by atoms with Crippen LogP contribution < -0.4 is 15.1 Å². The number of carbonyl (C=O) groups is 1. The molecular weight excluding hydrogens is 396 g/mol. The van der Waals surface area contributed by atoms with Gasteiger partial charge in [0.25, 0.3) is 0 Å². The normalized spacial score (nSPS) is 17.6. The first kappa shape index (κ1) is 19.0. The van der Waals surface area contributed by atoms with E-state index in [0.29, 0.717) is 5.13 Å². The summed E-state index contributed by atoms with van der Waals surface area (Å²) < 4.78 is 0. The van der Waals surface area contributed by atoms with Crippen LogP contribution in [-0.4, -0.2) is 40.1 Å². The van der Waals surface area contributed by atoms with Crippen molar-refractivity contribution in [3.8, 4) is 11.3 Å². The Hall–Kier alpha value is -3.00. The minimum Gasteiger partial charge on any atom is -0.366 e. The lowest BCUT2D eigenvalue weighted by atomic mass is 9.99. The van der Waals surface area contributed by atoms with Crippen LogP contribution >= 0.6 is 11.3 Å². The number of thiazole rings is 1. The number of urea groups is 1. The van der Waals surface area contributed by atoms with Gasteiger partial charge in [-0.3, -0.25) is 15.2 Å². The number of hydrogen-bond donors (Lipinski definition) is 1. The van der Waals surface area contributed by atoms with E-state index in [1.165, 1.54) is 11.3 Å². The SMILES string of the molecule is Cc1cc(-c2ccc3c(n2)N(C(=O)Nc2nc(C)c(C)s2)[C@H]2CCCN3C2)ccn1. The maximum Gasteiger partial charge on any atom is 0.329 e. The van der Waals surface area contributed by atoms with Gasteiger partial charge in [-0.05, 0) is 57.9 Å². The number of amides is 2. The molecular formula is C22H24N6OS. The van der Waals surface area contributed by atoms with Crippen molar-refractivity contribution in [3.63, 3.8) is 0 Å². The van der Waals surface area contributed by atoms with Crippen molar-refractivity contribution < 1.29 is 4.79 Å². The number of carbonyl (C=O) groups excluding carboxylic acids is 1. The molecule has 2 aliphatic rings. The number of anilines is 3. The third-order valence-corrected chi connectivity index (χ3v) is 6.83. The fraction of sp³-hybridized carbons (Fsp3) is 0.364. The summed E-state index contributed by atoms with van der Waals surface area (Å²) in [4.78, 5) is 32.4. The van der Waals surface area contributed by atoms with Crippen LogP contribution in [0.5, 0.6) is 0 Å². The lowest BCUT2D eigenvalue weighted by Gasteiger charge is -2.45. The topological polar surface area (TPSA) is 74.2 Å². The number of nitrogens with zero attached hydrogens (tertiary/aromatic N) is 5. The standard InChI is InChI=1S/C22H24N6OS/c1-13-11-16(8-9-23-13)18-6-7-19-20(25-18)28(17-5-4-10-27(19)12-17)22(29)26-21-24-14(2)15(3)30-21/h6-9,11,17H,4-5,10,12H2,1-3H3,(H,24,26,29)/t17-/m0/s1. The van der Waals surface area contributed by atoms with E-state index in [-0.39, 0.29) is 12.1 Å². The van der Waals surface area contributed by atoms with Crippen molar-refractivity contribution in [1.29, 1.82) is 0 Å². The van der Waals surface area contributed by atoms with Crippen LogP contribution in [-0.2, 0) is 0 Å². The van der Waals surface area contributed by atoms with Gasteiger partial charge >= 0.3 is 6.03 Å². The van der Waals surface area contributed by atoms with Crippen molar-refractivity contribution in [2.75, 3.05) is 28.2 Å². The summed E-state index contributed by atoms with van der Waals surface area (Å²) in [6, 6.07) is 8.04. The monoisotopic (exact) mass is 420 g/mol. The largest absolute Gasteiger partial charge is 0.366 e. The zero-order valence-electron chi connectivity index (χ0n) is 17.3. The molecule has 0 aliphatic carbocycles. The Kier molecular flexibility index (Phi) is 4.66. The van der Waals surface area contributed by atoms with Gasteiger partial charge in [-0.15, -0.1) is 11.3 Å². The van der Waals surface area contributed by atoms with Crippen molar-refractivity contribution >= 4 is 34.0 Å². The molecule has 2 bridgehead atoms. The lowest BCUT2D eigenvalue weighted by molar-refractivity contribution is 0.252. The Morgan fingerprint density at radius 1 is 1.20 bits per heavy atom. The van der Waals surface area contributed by atoms with Gasteiger partial charge in [-0.25, -0.2) is 14.8 Å². The van der Waals surface area contributed by atoms with E-state index in [4.69, 9.17) is 4.98 Å². The Morgan fingerprint density at radius 3 is 2.83 bits per heavy atom. The summed E-state index contributed by atoms with van der Waals surface area (Å²) in [5.41, 5.74) is 4.76. The van der Waals surface area contributed by atoms with Gasteiger partial charge in [0.15, 0.2) is 10.9 Å². The molecule has 0 radical (unpaired) electrons. The van der Waals surface area contributed by atoms with Crippen LogP contribution in [0.4, 0.5) is 21.4 Å². The number of piperidine rings is 1. The average molecular weight is 421 g/mol. The summed E-state index contributed by atoms with van der Waals surface area (Å²) in [5, 5.41) is 3.65. The van der Waals surface area contributed by atoms with Crippen LogP contribution in [0, 0.1) is 20.8 Å². The van der Waals surface area contributed by atoms with E-state index in [1.54, 1.807) is 6.20 Å². The van der Waals surface area contributed by atoms with Gasteiger partial charge in [0, 0.05) is 35.4 Å². The second-order valence-corrected chi connectivity index (χ2v) is 9.13. The fourth-order valence-corrected chi connectivity index (χ4v) is 5.03. The predicted molar refractivity (Wildman–Crippen MR) is 121 cm³/mol. The van der Waals surface area contributed by atoms with Crippen LogP contribution in [0.2, 0.25) is 0 Å². The maximum atomic E-state index is 13.4. The third kappa shape index (κ3) is 3.31. The molecule has 0 unspecified atom stereocenters. The van der Waals surface area contributed by atoms with Crippen molar-refractivity contribution in [2.45, 2.75) is 39.7 Å². The molecule has 8 heteroatoms. The Labute approximate surface area is 179 Å². The zero-order valence-corrected chi connectivity index (χ0v) is 18.2. The molecule has 2 amide bonds. The molecule has 5 rings (SSSR count). The van der Waals surface area contributed by atoms with Crippen molar-refractivity contribution in [1.82, 2.24) is 15.0 Å². The molecule has 1 N–H and O–H groups in total. The van der Waals surface area contributed by atoms with Crippen molar-refractivity contribution in [2.24, 2.45) is 0 Å². The van der Waals surface area contributed by atoms with Gasteiger partial charge in [-0.2, -0.15) is 0 Å². The molecule has 2 aliphatic heterocycles. The van der Waals surface area contributed by atoms with E-state index in [0.717, 1.165) is 65.0 Å². The highest BCUT2D eigenvalue weighted by Crippen LogP contribution is 2.39. The minimum atomic E-state index is -0.160. The Morgan fingerprint density at radius 2 is 2.07 bits per heavy atom. The molecule has 0 saturated carbocycles. The van der Waals surface area contributed by atoms with Crippen LogP contribution in [0.1, 0.15) is 29.1 Å². The first-order valence-electron chi connectivity index (χ1n) is 10.2. The van der Waals surface area contributed by atoms with E-state index in [9.17, 15) is 4.79 Å². The van der Waals surface area contributed by atoms with E-state index >= 15 is 0 Å². The summed E-state index contributed by atoms with van der Waals surface area (Å²) in [6.07, 6.45) is 3.83. The Bertz CT molecular complexity index is 1110. The van der Waals surface area contributed by atoms with Crippen LogP contribution in [0.15, 0.2) is 30.5 Å². The number of pyridine rings is 2. The molecule has 154 valence electrons. The smallest absolute Gasteiger partial charge is 0.329 e. The molecule has 3 aromatic heterocycles. The van der Waals surface area contributed by atoms with Crippen LogP contribution in [0.3, 0.4) is 0 Å². The van der Waals surface area contributed by atoms with Gasteiger partial charge in [0.05, 0.1) is 23.1 Å². The summed E-state index contributed by atoms with van der Waals surface area (Å²) in [7, 11) is 0. The quantitative estimate of drug-likeness (QED) is 0.658. The average Bonchev–Trinajstić information content (AvgIpc) is 3.04. The van der Waals surface area contributed by atoms with Gasteiger partial charge < -0.3 is 4.90 Å². The maximum absolute atomic E-state index is 13.4. The number of aryl methyl sites for hydroxylation is 3. The highest BCUT2D eigenvalue weighted by atomic mass is 32.1. The van der Waals surface area contributed by atoms with Gasteiger partial charge in [-0.1, -0.05) is 0 Å². The number of aromatic nitrogens is 3. The lowest BCUT2D eigenvalue weighted by Crippen LogP contribution is -2.56. The molecule has 0 aromatic carbocycles. The molecule has 3 aromatic rings. The second-order valence-electron chi connectivity index (χ2n) is 7.93. The number of nitrogens with one attached hydrogen (secondary N) is 1. The summed E-state index contributed by atoms with van der Waals surface area (Å²) in [5.74, 6) is 0.723. The highest BCUT2D eigenvalue weighted by Gasteiger charge is 2.38. The first-order chi connectivity index (χ1) is 14.5. The van der Waals surface area contributed by atoms with Crippen LogP contribution in [0.25, 0.3) is 11.3 Å². The highest BCUT2D eigenvalue weighted by molar-refractivity contribution is 7.15. The van der Waals surface area contributed by atoms with E-state index in [2.05, 4.69) is 26.3 Å². The molecule has 1 fully saturated rings. The second kappa shape index (κ2) is 7.36. The first-order valence-corrected chi connectivity index (χ1v) is 11.0. The molecule has 5 heterocycles. The molecule has 1 saturated heterocycles. The molecule has 7 nitrogen and oxygen atoms in total.